The number of benzene rings is 1. The van der Waals surface area contributed by atoms with Crippen LogP contribution < -0.4 is 5.32 Å². The van der Waals surface area contributed by atoms with E-state index in [0.29, 0.717) is 24.7 Å². The molecule has 1 aliphatic rings. The van der Waals surface area contributed by atoms with Crippen LogP contribution in [0.4, 0.5) is 5.69 Å². The molecule has 0 radical (unpaired) electrons. The minimum Gasteiger partial charge on any atom is -0.326 e. The van der Waals surface area contributed by atoms with Gasteiger partial charge in [0.1, 0.15) is 0 Å². The monoisotopic (exact) mass is 482 g/mol. The third-order valence-electron chi connectivity index (χ3n) is 6.03. The van der Waals surface area contributed by atoms with Gasteiger partial charge in [-0.1, -0.05) is 6.42 Å². The first-order chi connectivity index (χ1) is 16.1. The highest BCUT2D eigenvalue weighted by atomic mass is 32.2. The van der Waals surface area contributed by atoms with Crippen LogP contribution in [0, 0.1) is 27.7 Å². The van der Waals surface area contributed by atoms with Crippen LogP contribution in [0.15, 0.2) is 35.2 Å². The van der Waals surface area contributed by atoms with Crippen LogP contribution in [0.25, 0.3) is 5.95 Å². The fourth-order valence-corrected chi connectivity index (χ4v) is 5.77. The second kappa shape index (κ2) is 9.63. The summed E-state index contributed by atoms with van der Waals surface area (Å²) in [5, 5.41) is 7.40. The standard InChI is InChI=1S/C24H30N6O3S/c1-16-14-17(2)26-24(25-16)30-19(4)22(18(3)28-30)15-23(31)27-20-8-10-21(11-9-20)34(32,33)29-12-6-5-7-13-29/h8-11,14H,5-7,12-13,15H2,1-4H3,(H,27,31). The molecule has 1 amide bonds. The number of aromatic nitrogens is 4. The van der Waals surface area contributed by atoms with Crippen LogP contribution in [0.5, 0.6) is 0 Å². The maximum atomic E-state index is 12.8. The van der Waals surface area contributed by atoms with E-state index in [1.165, 1.54) is 4.31 Å². The van der Waals surface area contributed by atoms with Crippen molar-refractivity contribution in [1.29, 1.82) is 0 Å². The second-order valence-corrected chi connectivity index (χ2v) is 10.7. The summed E-state index contributed by atoms with van der Waals surface area (Å²) < 4.78 is 28.8. The van der Waals surface area contributed by atoms with E-state index in [4.69, 9.17) is 0 Å². The number of piperidine rings is 1. The molecule has 1 N–H and O–H groups in total. The lowest BCUT2D eigenvalue weighted by atomic mass is 10.1. The van der Waals surface area contributed by atoms with E-state index in [2.05, 4.69) is 20.4 Å². The molecule has 0 spiro atoms. The zero-order valence-electron chi connectivity index (χ0n) is 20.0. The van der Waals surface area contributed by atoms with Gasteiger partial charge in [-0.05, 0) is 70.9 Å². The summed E-state index contributed by atoms with van der Waals surface area (Å²) in [6.07, 6.45) is 2.97. The molecule has 10 heteroatoms. The van der Waals surface area contributed by atoms with Crippen LogP contribution in [-0.2, 0) is 21.2 Å². The molecule has 3 heterocycles. The number of hydrogen-bond acceptors (Lipinski definition) is 6. The molecule has 1 saturated heterocycles. The first-order valence-electron chi connectivity index (χ1n) is 11.4. The average Bonchev–Trinajstić information content (AvgIpc) is 3.07. The molecule has 1 aliphatic heterocycles. The summed E-state index contributed by atoms with van der Waals surface area (Å²) in [4.78, 5) is 21.9. The highest BCUT2D eigenvalue weighted by Gasteiger charge is 2.26. The van der Waals surface area contributed by atoms with Crippen LogP contribution in [0.2, 0.25) is 0 Å². The van der Waals surface area contributed by atoms with Gasteiger partial charge in [-0.25, -0.2) is 23.1 Å². The maximum absolute atomic E-state index is 12.8. The number of anilines is 1. The average molecular weight is 483 g/mol. The summed E-state index contributed by atoms with van der Waals surface area (Å²) in [6.45, 7) is 8.67. The normalized spacial score (nSPS) is 14.8. The van der Waals surface area contributed by atoms with Crippen molar-refractivity contribution in [3.63, 3.8) is 0 Å². The van der Waals surface area contributed by atoms with Gasteiger partial charge >= 0.3 is 0 Å². The lowest BCUT2D eigenvalue weighted by molar-refractivity contribution is -0.115. The molecule has 4 rings (SSSR count). The molecular weight excluding hydrogens is 452 g/mol. The number of sulfonamides is 1. The highest BCUT2D eigenvalue weighted by Crippen LogP contribution is 2.23. The first kappa shape index (κ1) is 24.0. The van der Waals surface area contributed by atoms with Crippen LogP contribution in [0.3, 0.4) is 0 Å². The van der Waals surface area contributed by atoms with Crippen molar-refractivity contribution < 1.29 is 13.2 Å². The number of aryl methyl sites for hydroxylation is 3. The minimum atomic E-state index is -3.50. The van der Waals surface area contributed by atoms with Crippen LogP contribution in [-0.4, -0.2) is 51.5 Å². The Bertz CT molecular complexity index is 1290. The lowest BCUT2D eigenvalue weighted by Gasteiger charge is -2.25. The molecule has 1 aromatic carbocycles. The van der Waals surface area contributed by atoms with E-state index in [1.54, 1.807) is 28.9 Å². The Balaban J connectivity index is 1.46. The van der Waals surface area contributed by atoms with Crippen molar-refractivity contribution in [2.75, 3.05) is 18.4 Å². The summed E-state index contributed by atoms with van der Waals surface area (Å²) in [5.74, 6) is 0.272. The van der Waals surface area contributed by atoms with Gasteiger partial charge in [0.25, 0.3) is 5.95 Å². The zero-order chi connectivity index (χ0) is 24.5. The van der Waals surface area contributed by atoms with Crippen molar-refractivity contribution in [1.82, 2.24) is 24.1 Å². The lowest BCUT2D eigenvalue weighted by Crippen LogP contribution is -2.35. The Kier molecular flexibility index (Phi) is 6.81. The predicted molar refractivity (Wildman–Crippen MR) is 129 cm³/mol. The smallest absolute Gasteiger partial charge is 0.251 e. The molecule has 0 atom stereocenters. The molecule has 180 valence electrons. The van der Waals surface area contributed by atoms with Gasteiger partial charge in [0.05, 0.1) is 17.0 Å². The number of carbonyl (C=O) groups is 1. The van der Waals surface area contributed by atoms with E-state index in [0.717, 1.165) is 47.6 Å². The maximum Gasteiger partial charge on any atom is 0.251 e. The molecule has 3 aromatic rings. The van der Waals surface area contributed by atoms with Gasteiger partial charge in [0, 0.05) is 41.4 Å². The topological polar surface area (TPSA) is 110 Å². The summed E-state index contributed by atoms with van der Waals surface area (Å²) >= 11 is 0. The largest absolute Gasteiger partial charge is 0.326 e. The number of carbonyl (C=O) groups excluding carboxylic acids is 1. The van der Waals surface area contributed by atoms with Crippen LogP contribution >= 0.6 is 0 Å². The fraction of sp³-hybridized carbons (Fsp3) is 0.417. The van der Waals surface area contributed by atoms with Gasteiger partial charge in [-0.2, -0.15) is 9.40 Å². The van der Waals surface area contributed by atoms with Gasteiger partial charge in [0.2, 0.25) is 15.9 Å². The molecule has 0 bridgehead atoms. The Morgan fingerprint density at radius 1 is 0.971 bits per heavy atom. The number of amides is 1. The van der Waals surface area contributed by atoms with Gasteiger partial charge in [-0.15, -0.1) is 0 Å². The molecule has 2 aromatic heterocycles. The van der Waals surface area contributed by atoms with Gasteiger partial charge in [-0.3, -0.25) is 4.79 Å². The van der Waals surface area contributed by atoms with Crippen molar-refractivity contribution >= 4 is 21.6 Å². The predicted octanol–water partition coefficient (Wildman–Crippen LogP) is 3.25. The number of rotatable bonds is 6. The molecule has 34 heavy (non-hydrogen) atoms. The summed E-state index contributed by atoms with van der Waals surface area (Å²) in [6, 6.07) is 8.24. The van der Waals surface area contributed by atoms with E-state index in [9.17, 15) is 13.2 Å². The van der Waals surface area contributed by atoms with E-state index in [-0.39, 0.29) is 17.2 Å². The van der Waals surface area contributed by atoms with Crippen molar-refractivity contribution in [3.05, 3.63) is 58.7 Å². The Labute approximate surface area is 200 Å². The second-order valence-electron chi connectivity index (χ2n) is 8.73. The Hall–Kier alpha value is -3.11. The minimum absolute atomic E-state index is 0.135. The number of hydrogen-bond donors (Lipinski definition) is 1. The van der Waals surface area contributed by atoms with E-state index in [1.807, 2.05) is 33.8 Å². The molecule has 1 fully saturated rings. The third-order valence-corrected chi connectivity index (χ3v) is 7.94. The molecule has 9 nitrogen and oxygen atoms in total. The van der Waals surface area contributed by atoms with E-state index < -0.39 is 10.0 Å². The SMILES string of the molecule is Cc1cc(C)nc(-n2nc(C)c(CC(=O)Nc3ccc(S(=O)(=O)N4CCCCC4)cc3)c2C)n1. The van der Waals surface area contributed by atoms with E-state index >= 15 is 0 Å². The van der Waals surface area contributed by atoms with Crippen LogP contribution in [0.1, 0.15) is 47.6 Å². The Morgan fingerprint density at radius 2 is 1.59 bits per heavy atom. The zero-order valence-corrected chi connectivity index (χ0v) is 20.8. The summed E-state index contributed by atoms with van der Waals surface area (Å²) in [5.41, 5.74) is 4.59. The first-order valence-corrected chi connectivity index (χ1v) is 12.9. The van der Waals surface area contributed by atoms with Crippen molar-refractivity contribution in [2.24, 2.45) is 0 Å². The molecule has 0 aliphatic carbocycles. The fourth-order valence-electron chi connectivity index (χ4n) is 4.26. The highest BCUT2D eigenvalue weighted by molar-refractivity contribution is 7.89. The summed E-state index contributed by atoms with van der Waals surface area (Å²) in [7, 11) is -3.50. The van der Waals surface area contributed by atoms with Gasteiger partial charge in [0.15, 0.2) is 0 Å². The number of nitrogens with zero attached hydrogens (tertiary/aromatic N) is 5. The van der Waals surface area contributed by atoms with Crippen molar-refractivity contribution in [3.8, 4) is 5.95 Å². The Morgan fingerprint density at radius 3 is 2.21 bits per heavy atom. The number of nitrogens with one attached hydrogen (secondary N) is 1. The quantitative estimate of drug-likeness (QED) is 0.578. The third kappa shape index (κ3) is 5.02. The molecule has 0 saturated carbocycles. The molecular formula is C24H30N6O3S. The molecule has 0 unspecified atom stereocenters. The van der Waals surface area contributed by atoms with Crippen molar-refractivity contribution in [2.45, 2.75) is 58.3 Å². The van der Waals surface area contributed by atoms with Gasteiger partial charge < -0.3 is 5.32 Å².